The van der Waals surface area contributed by atoms with Crippen LogP contribution in [0.5, 0.6) is 0 Å². The second kappa shape index (κ2) is 12.1. The van der Waals surface area contributed by atoms with Crippen LogP contribution in [0.15, 0.2) is 0 Å². The highest BCUT2D eigenvalue weighted by Gasteiger charge is 2.58. The van der Waals surface area contributed by atoms with Gasteiger partial charge >= 0.3 is 14.7 Å². The standard InChI is InChI=1S/C21H44BO5P/c1-8-11-14-15-16-19(22-26-20(4,5)21(6,7)27-22)28(23,24-17-12-9-2)25-18-13-10-3/h19H,8-18H2,1-7H3. The summed E-state index contributed by atoms with van der Waals surface area (Å²) < 4.78 is 38.4. The molecule has 0 aliphatic carbocycles. The molecule has 7 heteroatoms. The Kier molecular flexibility index (Phi) is 11.3. The van der Waals surface area contributed by atoms with Gasteiger partial charge in [-0.05, 0) is 47.0 Å². The average Bonchev–Trinajstić information content (AvgIpc) is 2.82. The van der Waals surface area contributed by atoms with Gasteiger partial charge in [-0.15, -0.1) is 0 Å². The molecule has 1 rings (SSSR count). The minimum absolute atomic E-state index is 0.390. The minimum Gasteiger partial charge on any atom is -0.403 e. The fourth-order valence-corrected chi connectivity index (χ4v) is 5.31. The molecule has 0 aromatic carbocycles. The normalized spacial score (nSPS) is 19.9. The summed E-state index contributed by atoms with van der Waals surface area (Å²) in [4.78, 5) is 0. The van der Waals surface area contributed by atoms with Gasteiger partial charge in [0.15, 0.2) is 0 Å². The van der Waals surface area contributed by atoms with Crippen LogP contribution in [0.2, 0.25) is 0 Å². The highest BCUT2D eigenvalue weighted by atomic mass is 31.2. The third-order valence-electron chi connectivity index (χ3n) is 5.88. The van der Waals surface area contributed by atoms with E-state index in [-0.39, 0.29) is 5.56 Å². The molecular formula is C21H44BO5P. The van der Waals surface area contributed by atoms with Crippen molar-refractivity contribution in [1.29, 1.82) is 0 Å². The molecule has 0 aromatic rings. The van der Waals surface area contributed by atoms with E-state index in [9.17, 15) is 4.57 Å². The Balaban J connectivity index is 3.03. The molecule has 1 heterocycles. The van der Waals surface area contributed by atoms with Crippen molar-refractivity contribution in [1.82, 2.24) is 0 Å². The first-order chi connectivity index (χ1) is 13.1. The summed E-state index contributed by atoms with van der Waals surface area (Å²) in [6, 6.07) is 0. The van der Waals surface area contributed by atoms with Crippen molar-refractivity contribution < 1.29 is 22.9 Å². The molecule has 166 valence electrons. The van der Waals surface area contributed by atoms with Crippen LogP contribution < -0.4 is 0 Å². The summed E-state index contributed by atoms with van der Waals surface area (Å²) in [5, 5.41) is 0. The Morgan fingerprint density at radius 1 is 0.786 bits per heavy atom. The fourth-order valence-electron chi connectivity index (χ4n) is 3.17. The molecule has 0 spiro atoms. The third-order valence-corrected chi connectivity index (χ3v) is 8.28. The lowest BCUT2D eigenvalue weighted by Gasteiger charge is -2.32. The molecule has 28 heavy (non-hydrogen) atoms. The zero-order valence-corrected chi connectivity index (χ0v) is 20.3. The van der Waals surface area contributed by atoms with Crippen LogP contribution in [-0.2, 0) is 22.9 Å². The highest BCUT2D eigenvalue weighted by molar-refractivity contribution is 7.57. The molecule has 1 aliphatic rings. The molecule has 1 saturated heterocycles. The quantitative estimate of drug-likeness (QED) is 0.167. The SMILES string of the molecule is CCCCCCC(B1OC(C)(C)C(C)(C)O1)P(=O)(OCCCC)OCCCC. The molecule has 0 saturated carbocycles. The lowest BCUT2D eigenvalue weighted by atomic mass is 9.81. The highest BCUT2D eigenvalue weighted by Crippen LogP contribution is 2.58. The monoisotopic (exact) mass is 418 g/mol. The first-order valence-electron chi connectivity index (χ1n) is 11.4. The van der Waals surface area contributed by atoms with Gasteiger partial charge in [-0.3, -0.25) is 4.57 Å². The molecule has 0 aromatic heterocycles. The Morgan fingerprint density at radius 2 is 1.25 bits per heavy atom. The van der Waals surface area contributed by atoms with E-state index < -0.39 is 25.9 Å². The van der Waals surface area contributed by atoms with Crippen molar-refractivity contribution in [3.8, 4) is 0 Å². The number of unbranched alkanes of at least 4 members (excludes halogenated alkanes) is 5. The molecule has 0 radical (unpaired) electrons. The molecule has 0 bridgehead atoms. The molecule has 1 unspecified atom stereocenters. The van der Waals surface area contributed by atoms with Crippen LogP contribution in [0.1, 0.15) is 106 Å². The van der Waals surface area contributed by atoms with Gasteiger partial charge in [-0.1, -0.05) is 59.3 Å². The van der Waals surface area contributed by atoms with Crippen LogP contribution in [0, 0.1) is 0 Å². The fraction of sp³-hybridized carbons (Fsp3) is 1.00. The summed E-state index contributed by atoms with van der Waals surface area (Å²) in [5.41, 5.74) is -1.31. The number of hydrogen-bond acceptors (Lipinski definition) is 5. The topological polar surface area (TPSA) is 54.0 Å². The first kappa shape index (κ1) is 26.2. The van der Waals surface area contributed by atoms with E-state index in [0.717, 1.165) is 44.9 Å². The second-order valence-electron chi connectivity index (χ2n) is 8.95. The zero-order chi connectivity index (χ0) is 21.3. The van der Waals surface area contributed by atoms with Gasteiger partial charge in [0.05, 0.1) is 30.0 Å². The second-order valence-corrected chi connectivity index (χ2v) is 11.2. The number of hydrogen-bond donors (Lipinski definition) is 0. The van der Waals surface area contributed by atoms with Crippen LogP contribution in [-0.4, -0.2) is 37.1 Å². The van der Waals surface area contributed by atoms with Crippen molar-refractivity contribution in [2.75, 3.05) is 13.2 Å². The summed E-state index contributed by atoms with van der Waals surface area (Å²) in [5.74, 6) is 0. The van der Waals surface area contributed by atoms with E-state index in [2.05, 4.69) is 20.8 Å². The van der Waals surface area contributed by atoms with Crippen LogP contribution in [0.3, 0.4) is 0 Å². The minimum atomic E-state index is -3.35. The van der Waals surface area contributed by atoms with E-state index in [4.69, 9.17) is 18.4 Å². The van der Waals surface area contributed by atoms with Gasteiger partial charge in [0.25, 0.3) is 0 Å². The molecule has 5 nitrogen and oxygen atoms in total. The van der Waals surface area contributed by atoms with E-state index in [1.165, 1.54) is 12.8 Å². The van der Waals surface area contributed by atoms with Crippen molar-refractivity contribution in [3.05, 3.63) is 0 Å². The molecule has 1 atom stereocenters. The predicted octanol–water partition coefficient (Wildman–Crippen LogP) is 6.78. The Hall–Kier alpha value is 0.135. The number of rotatable bonds is 15. The van der Waals surface area contributed by atoms with Gasteiger partial charge in [0.2, 0.25) is 0 Å². The predicted molar refractivity (Wildman–Crippen MR) is 118 cm³/mol. The van der Waals surface area contributed by atoms with Crippen molar-refractivity contribution in [2.45, 2.75) is 123 Å². The van der Waals surface area contributed by atoms with Crippen molar-refractivity contribution in [2.24, 2.45) is 0 Å². The summed E-state index contributed by atoms with van der Waals surface area (Å²) in [6.07, 6.45) is 8.87. The van der Waals surface area contributed by atoms with Gasteiger partial charge in [-0.2, -0.15) is 0 Å². The lowest BCUT2D eigenvalue weighted by molar-refractivity contribution is 0.00578. The lowest BCUT2D eigenvalue weighted by Crippen LogP contribution is -2.41. The summed E-state index contributed by atoms with van der Waals surface area (Å²) >= 11 is 0. The largest absolute Gasteiger partial charge is 0.473 e. The van der Waals surface area contributed by atoms with Crippen LogP contribution in [0.4, 0.5) is 0 Å². The maximum absolute atomic E-state index is 13.9. The van der Waals surface area contributed by atoms with E-state index in [0.29, 0.717) is 13.2 Å². The molecule has 0 amide bonds. The molecule has 1 aliphatic heterocycles. The van der Waals surface area contributed by atoms with Crippen LogP contribution in [0.25, 0.3) is 0 Å². The van der Waals surface area contributed by atoms with Gasteiger partial charge in [0, 0.05) is 0 Å². The molecular weight excluding hydrogens is 374 g/mol. The Morgan fingerprint density at radius 3 is 1.68 bits per heavy atom. The zero-order valence-electron chi connectivity index (χ0n) is 19.4. The van der Waals surface area contributed by atoms with E-state index >= 15 is 0 Å². The van der Waals surface area contributed by atoms with Crippen molar-refractivity contribution in [3.63, 3.8) is 0 Å². The average molecular weight is 418 g/mol. The first-order valence-corrected chi connectivity index (χ1v) is 13.0. The Labute approximate surface area is 174 Å². The van der Waals surface area contributed by atoms with Gasteiger partial charge in [0.1, 0.15) is 0 Å². The summed E-state index contributed by atoms with van der Waals surface area (Å²) in [7, 11) is -3.92. The smallest absolute Gasteiger partial charge is 0.403 e. The Bertz CT molecular complexity index is 453. The molecule has 1 fully saturated rings. The van der Waals surface area contributed by atoms with E-state index in [1.807, 2.05) is 27.7 Å². The molecule has 0 N–H and O–H groups in total. The van der Waals surface area contributed by atoms with E-state index in [1.54, 1.807) is 0 Å². The van der Waals surface area contributed by atoms with Crippen molar-refractivity contribution >= 4 is 14.7 Å². The third kappa shape index (κ3) is 7.43. The maximum Gasteiger partial charge on any atom is 0.473 e. The summed E-state index contributed by atoms with van der Waals surface area (Å²) in [6.45, 7) is 15.4. The maximum atomic E-state index is 13.9. The van der Waals surface area contributed by atoms with Gasteiger partial charge in [-0.25, -0.2) is 0 Å². The van der Waals surface area contributed by atoms with Crippen LogP contribution >= 0.6 is 7.60 Å². The van der Waals surface area contributed by atoms with Gasteiger partial charge < -0.3 is 18.4 Å².